The second-order valence-electron chi connectivity index (χ2n) is 5.26. The van der Waals surface area contributed by atoms with Crippen molar-refractivity contribution in [3.63, 3.8) is 0 Å². The summed E-state index contributed by atoms with van der Waals surface area (Å²) < 4.78 is 5.12. The minimum atomic E-state index is -0.413. The van der Waals surface area contributed by atoms with E-state index in [1.54, 1.807) is 38.3 Å². The minimum Gasteiger partial charge on any atom is -0.497 e. The Bertz CT molecular complexity index is 705. The summed E-state index contributed by atoms with van der Waals surface area (Å²) in [5.74, 6) is 7.05. The SMILES string of the molecule is COc1ccc(N(N)c2nc(NC(C)CC(N)=O)ncc2N)cc1. The van der Waals surface area contributed by atoms with Crippen LogP contribution in [0.2, 0.25) is 0 Å². The standard InChI is InChI=1S/C15H21N7O2/c1-9(7-13(17)23)20-15-19-8-12(16)14(21-15)22(18)10-3-5-11(24-2)6-4-10/h3-6,8-9H,7,16,18H2,1-2H3,(H2,17,23)(H,19,20,21). The number of hydrogen-bond donors (Lipinski definition) is 4. The summed E-state index contributed by atoms with van der Waals surface area (Å²) >= 11 is 0. The zero-order valence-electron chi connectivity index (χ0n) is 13.6. The predicted molar refractivity (Wildman–Crippen MR) is 92.7 cm³/mol. The zero-order chi connectivity index (χ0) is 17.7. The van der Waals surface area contributed by atoms with E-state index in [1.807, 2.05) is 0 Å². The van der Waals surface area contributed by atoms with Crippen molar-refractivity contribution >= 4 is 29.0 Å². The fourth-order valence-corrected chi connectivity index (χ4v) is 2.08. The molecule has 1 unspecified atom stereocenters. The van der Waals surface area contributed by atoms with Crippen molar-refractivity contribution in [3.05, 3.63) is 30.5 Å². The fraction of sp³-hybridized carbons (Fsp3) is 0.267. The van der Waals surface area contributed by atoms with Crippen molar-refractivity contribution in [3.8, 4) is 5.75 Å². The Morgan fingerprint density at radius 1 is 1.38 bits per heavy atom. The van der Waals surface area contributed by atoms with Gasteiger partial charge in [0.1, 0.15) is 5.75 Å². The molecular formula is C15H21N7O2. The van der Waals surface area contributed by atoms with E-state index in [1.165, 1.54) is 11.2 Å². The summed E-state index contributed by atoms with van der Waals surface area (Å²) in [4.78, 5) is 19.3. The summed E-state index contributed by atoms with van der Waals surface area (Å²) in [5.41, 5.74) is 12.1. The molecule has 7 N–H and O–H groups in total. The van der Waals surface area contributed by atoms with Gasteiger partial charge in [-0.1, -0.05) is 0 Å². The molecule has 128 valence electrons. The highest BCUT2D eigenvalue weighted by Crippen LogP contribution is 2.27. The molecule has 0 aliphatic heterocycles. The normalized spacial score (nSPS) is 11.6. The lowest BCUT2D eigenvalue weighted by atomic mass is 10.2. The summed E-state index contributed by atoms with van der Waals surface area (Å²) in [6.45, 7) is 1.80. The van der Waals surface area contributed by atoms with Gasteiger partial charge in [0.05, 0.1) is 24.7 Å². The lowest BCUT2D eigenvalue weighted by molar-refractivity contribution is -0.118. The Balaban J connectivity index is 2.21. The molecule has 9 heteroatoms. The highest BCUT2D eigenvalue weighted by atomic mass is 16.5. The summed E-state index contributed by atoms with van der Waals surface area (Å²) in [7, 11) is 1.59. The van der Waals surface area contributed by atoms with Crippen molar-refractivity contribution in [2.24, 2.45) is 11.6 Å². The zero-order valence-corrected chi connectivity index (χ0v) is 13.6. The molecule has 1 amide bonds. The molecule has 1 aromatic carbocycles. The van der Waals surface area contributed by atoms with E-state index in [9.17, 15) is 4.79 Å². The first-order valence-electron chi connectivity index (χ1n) is 7.27. The van der Waals surface area contributed by atoms with Gasteiger partial charge in [0, 0.05) is 12.5 Å². The number of hydrogen-bond acceptors (Lipinski definition) is 8. The van der Waals surface area contributed by atoms with E-state index in [-0.39, 0.29) is 12.5 Å². The lowest BCUT2D eigenvalue weighted by Crippen LogP contribution is -2.28. The topological polar surface area (TPSA) is 145 Å². The highest BCUT2D eigenvalue weighted by Gasteiger charge is 2.14. The molecule has 24 heavy (non-hydrogen) atoms. The molecule has 0 fully saturated rings. The first-order chi connectivity index (χ1) is 11.4. The van der Waals surface area contributed by atoms with Crippen LogP contribution in [0.15, 0.2) is 30.5 Å². The monoisotopic (exact) mass is 331 g/mol. The number of carbonyl (C=O) groups excluding carboxylic acids is 1. The molecular weight excluding hydrogens is 310 g/mol. The van der Waals surface area contributed by atoms with Gasteiger partial charge in [0.25, 0.3) is 0 Å². The number of nitrogens with two attached hydrogens (primary N) is 3. The third-order valence-corrected chi connectivity index (χ3v) is 3.26. The number of anilines is 4. The lowest BCUT2D eigenvalue weighted by Gasteiger charge is -2.20. The molecule has 1 aromatic heterocycles. The molecule has 0 spiro atoms. The van der Waals surface area contributed by atoms with Gasteiger partial charge in [0.2, 0.25) is 11.9 Å². The molecule has 0 saturated heterocycles. The number of ether oxygens (including phenoxy) is 1. The molecule has 1 atom stereocenters. The van der Waals surface area contributed by atoms with Gasteiger partial charge in [-0.3, -0.25) is 9.80 Å². The van der Waals surface area contributed by atoms with E-state index < -0.39 is 5.91 Å². The number of nitrogen functional groups attached to an aromatic ring is 1. The van der Waals surface area contributed by atoms with Gasteiger partial charge < -0.3 is 21.5 Å². The highest BCUT2D eigenvalue weighted by molar-refractivity contribution is 5.75. The number of amides is 1. The minimum absolute atomic E-state index is 0.161. The number of carbonyl (C=O) groups is 1. The number of rotatable bonds is 7. The van der Waals surface area contributed by atoms with Crippen LogP contribution in [-0.4, -0.2) is 29.0 Å². The van der Waals surface area contributed by atoms with Crippen LogP contribution in [-0.2, 0) is 4.79 Å². The number of nitrogens with one attached hydrogen (secondary N) is 1. The summed E-state index contributed by atoms with van der Waals surface area (Å²) in [5, 5.41) is 4.33. The van der Waals surface area contributed by atoms with Crippen molar-refractivity contribution in [1.82, 2.24) is 9.97 Å². The summed E-state index contributed by atoms with van der Waals surface area (Å²) in [6, 6.07) is 6.90. The molecule has 0 bridgehead atoms. The largest absolute Gasteiger partial charge is 0.497 e. The van der Waals surface area contributed by atoms with Crippen LogP contribution < -0.4 is 32.4 Å². The second-order valence-corrected chi connectivity index (χ2v) is 5.26. The van der Waals surface area contributed by atoms with Gasteiger partial charge in [-0.2, -0.15) is 4.98 Å². The number of benzene rings is 1. The number of hydrazine groups is 1. The summed E-state index contributed by atoms with van der Waals surface area (Å²) in [6.07, 6.45) is 1.61. The molecule has 2 aromatic rings. The van der Waals surface area contributed by atoms with E-state index >= 15 is 0 Å². The Morgan fingerprint density at radius 2 is 2.04 bits per heavy atom. The maximum Gasteiger partial charge on any atom is 0.225 e. The van der Waals surface area contributed by atoms with Gasteiger partial charge in [-0.25, -0.2) is 10.8 Å². The number of methoxy groups -OCH3 is 1. The van der Waals surface area contributed by atoms with Crippen LogP contribution in [0.25, 0.3) is 0 Å². The molecule has 2 rings (SSSR count). The van der Waals surface area contributed by atoms with Crippen molar-refractivity contribution in [1.29, 1.82) is 0 Å². The molecule has 0 saturated carbocycles. The van der Waals surface area contributed by atoms with Crippen molar-refractivity contribution in [2.45, 2.75) is 19.4 Å². The Labute approximate surface area is 139 Å². The van der Waals surface area contributed by atoms with Gasteiger partial charge in [-0.05, 0) is 31.2 Å². The van der Waals surface area contributed by atoms with Crippen molar-refractivity contribution in [2.75, 3.05) is 23.2 Å². The smallest absolute Gasteiger partial charge is 0.225 e. The van der Waals surface area contributed by atoms with Crippen LogP contribution in [0, 0.1) is 0 Å². The van der Waals surface area contributed by atoms with Crippen molar-refractivity contribution < 1.29 is 9.53 Å². The van der Waals surface area contributed by atoms with Gasteiger partial charge >= 0.3 is 0 Å². The second kappa shape index (κ2) is 7.47. The van der Waals surface area contributed by atoms with Gasteiger partial charge in [-0.15, -0.1) is 0 Å². The Kier molecular flexibility index (Phi) is 5.38. The molecule has 0 radical (unpaired) electrons. The molecule has 0 aliphatic rings. The fourth-order valence-electron chi connectivity index (χ4n) is 2.08. The number of primary amides is 1. The first-order valence-corrected chi connectivity index (χ1v) is 7.27. The quantitative estimate of drug-likeness (QED) is 0.429. The molecule has 9 nitrogen and oxygen atoms in total. The number of nitrogens with zero attached hydrogens (tertiary/aromatic N) is 3. The van der Waals surface area contributed by atoms with Crippen LogP contribution >= 0.6 is 0 Å². The third-order valence-electron chi connectivity index (χ3n) is 3.26. The Morgan fingerprint density at radius 3 is 2.62 bits per heavy atom. The van der Waals surface area contributed by atoms with E-state index in [0.717, 1.165) is 0 Å². The average molecular weight is 331 g/mol. The van der Waals surface area contributed by atoms with Crippen LogP contribution in [0.4, 0.5) is 23.1 Å². The van der Waals surface area contributed by atoms with Crippen LogP contribution in [0.3, 0.4) is 0 Å². The first kappa shape index (κ1) is 17.3. The third kappa shape index (κ3) is 4.23. The molecule has 0 aliphatic carbocycles. The van der Waals surface area contributed by atoms with E-state index in [4.69, 9.17) is 22.0 Å². The molecule has 1 heterocycles. The predicted octanol–water partition coefficient (Wildman–Crippen LogP) is 0.755. The van der Waals surface area contributed by atoms with E-state index in [0.29, 0.717) is 28.9 Å². The number of aromatic nitrogens is 2. The maximum atomic E-state index is 10.9. The van der Waals surface area contributed by atoms with Crippen LogP contribution in [0.5, 0.6) is 5.75 Å². The Hall–Kier alpha value is -3.07. The van der Waals surface area contributed by atoms with Gasteiger partial charge in [0.15, 0.2) is 5.82 Å². The maximum absolute atomic E-state index is 10.9. The van der Waals surface area contributed by atoms with E-state index in [2.05, 4.69) is 15.3 Å². The average Bonchev–Trinajstić information content (AvgIpc) is 2.55. The van der Waals surface area contributed by atoms with Crippen LogP contribution in [0.1, 0.15) is 13.3 Å².